The monoisotopic (exact) mass is 354 g/mol. The van der Waals surface area contributed by atoms with E-state index in [9.17, 15) is 0 Å². The van der Waals surface area contributed by atoms with E-state index in [4.69, 9.17) is 4.74 Å². The maximum absolute atomic E-state index is 6.66. The molecule has 26 heavy (non-hydrogen) atoms. The van der Waals surface area contributed by atoms with Crippen molar-refractivity contribution in [2.45, 2.75) is 63.1 Å². The number of fused-ring (bicyclic) bond motifs is 1. The first-order valence-electron chi connectivity index (χ1n) is 10.4. The smallest absolute Gasteiger partial charge is 0.124 e. The number of allylic oxidation sites excluding steroid dienone is 2. The molecule has 1 saturated carbocycles. The zero-order chi connectivity index (χ0) is 18.0. The average Bonchev–Trinajstić information content (AvgIpc) is 2.78. The van der Waals surface area contributed by atoms with Gasteiger partial charge >= 0.3 is 0 Å². The zero-order valence-corrected chi connectivity index (χ0v) is 16.5. The summed E-state index contributed by atoms with van der Waals surface area (Å²) in [6, 6.07) is 9.32. The van der Waals surface area contributed by atoms with Crippen LogP contribution in [-0.4, -0.2) is 48.6 Å². The van der Waals surface area contributed by atoms with Crippen LogP contribution in [0.4, 0.5) is 0 Å². The van der Waals surface area contributed by atoms with Gasteiger partial charge in [0, 0.05) is 31.2 Å². The second-order valence-electron chi connectivity index (χ2n) is 8.89. The van der Waals surface area contributed by atoms with Gasteiger partial charge in [0.1, 0.15) is 11.4 Å². The molecule has 1 unspecified atom stereocenters. The molecule has 2 aliphatic carbocycles. The molecule has 1 aromatic rings. The Morgan fingerprint density at radius 1 is 1.15 bits per heavy atom. The highest BCUT2D eigenvalue weighted by Crippen LogP contribution is 2.39. The van der Waals surface area contributed by atoms with E-state index in [0.717, 1.165) is 30.8 Å². The predicted molar refractivity (Wildman–Crippen MR) is 108 cm³/mol. The van der Waals surface area contributed by atoms with Crippen LogP contribution < -0.4 is 4.74 Å². The summed E-state index contributed by atoms with van der Waals surface area (Å²) in [4.78, 5) is 5.09. The third-order valence-corrected chi connectivity index (χ3v) is 6.71. The van der Waals surface area contributed by atoms with Crippen LogP contribution in [-0.2, 0) is 6.54 Å². The molecule has 0 amide bonds. The van der Waals surface area contributed by atoms with Gasteiger partial charge in [0.05, 0.1) is 0 Å². The SMILES string of the molecule is CN1Cc2ccccc2OC2(CCC(N(C)CC3CC=CCC3)CC2)C1. The van der Waals surface area contributed by atoms with Gasteiger partial charge in [0.25, 0.3) is 0 Å². The Morgan fingerprint density at radius 3 is 2.73 bits per heavy atom. The van der Waals surface area contributed by atoms with Crippen LogP contribution in [0.15, 0.2) is 36.4 Å². The van der Waals surface area contributed by atoms with Crippen LogP contribution in [0.25, 0.3) is 0 Å². The Labute approximate surface area is 159 Å². The van der Waals surface area contributed by atoms with Crippen molar-refractivity contribution in [3.63, 3.8) is 0 Å². The van der Waals surface area contributed by atoms with Gasteiger partial charge in [-0.25, -0.2) is 0 Å². The Morgan fingerprint density at radius 2 is 1.96 bits per heavy atom. The van der Waals surface area contributed by atoms with E-state index in [-0.39, 0.29) is 5.60 Å². The number of hydrogen-bond donors (Lipinski definition) is 0. The summed E-state index contributed by atoms with van der Waals surface area (Å²) < 4.78 is 6.66. The van der Waals surface area contributed by atoms with E-state index in [0.29, 0.717) is 0 Å². The highest BCUT2D eigenvalue weighted by molar-refractivity contribution is 5.35. The third kappa shape index (κ3) is 3.99. The van der Waals surface area contributed by atoms with Gasteiger partial charge in [-0.1, -0.05) is 30.4 Å². The molecule has 3 heteroatoms. The van der Waals surface area contributed by atoms with Gasteiger partial charge in [-0.2, -0.15) is 0 Å². The lowest BCUT2D eigenvalue weighted by Crippen LogP contribution is -2.50. The molecule has 1 fully saturated rings. The molecule has 142 valence electrons. The normalized spacial score (nSPS) is 32.3. The van der Waals surface area contributed by atoms with Gasteiger partial charge in [0.2, 0.25) is 0 Å². The Bertz CT molecular complexity index is 633. The van der Waals surface area contributed by atoms with Crippen molar-refractivity contribution in [1.29, 1.82) is 0 Å². The van der Waals surface area contributed by atoms with E-state index in [1.54, 1.807) is 0 Å². The van der Waals surface area contributed by atoms with Crippen LogP contribution in [0, 0.1) is 5.92 Å². The van der Waals surface area contributed by atoms with E-state index in [2.05, 4.69) is 60.3 Å². The number of hydrogen-bond acceptors (Lipinski definition) is 3. The van der Waals surface area contributed by atoms with E-state index < -0.39 is 0 Å². The fourth-order valence-electron chi connectivity index (χ4n) is 5.25. The lowest BCUT2D eigenvalue weighted by molar-refractivity contribution is -0.0116. The summed E-state index contributed by atoms with van der Waals surface area (Å²) in [5.74, 6) is 1.96. The molecular formula is C23H34N2O. The molecule has 0 saturated heterocycles. The molecule has 1 spiro atoms. The quantitative estimate of drug-likeness (QED) is 0.744. The zero-order valence-electron chi connectivity index (χ0n) is 16.5. The fraction of sp³-hybridized carbons (Fsp3) is 0.652. The van der Waals surface area contributed by atoms with Gasteiger partial charge in [-0.05, 0) is 71.0 Å². The number of ether oxygens (including phenoxy) is 1. The van der Waals surface area contributed by atoms with Crippen LogP contribution in [0.3, 0.4) is 0 Å². The first-order chi connectivity index (χ1) is 12.6. The minimum Gasteiger partial charge on any atom is -0.486 e. The van der Waals surface area contributed by atoms with Crippen molar-refractivity contribution in [3.05, 3.63) is 42.0 Å². The topological polar surface area (TPSA) is 15.7 Å². The standard InChI is InChI=1S/C23H34N2O/c1-24-17-20-10-6-7-11-22(20)26-23(18-24)14-12-21(13-15-23)25(2)16-19-8-4-3-5-9-19/h3-4,6-7,10-11,19,21H,5,8-9,12-18H2,1-2H3. The van der Waals surface area contributed by atoms with Crippen LogP contribution >= 0.6 is 0 Å². The predicted octanol–water partition coefficient (Wildman–Crippen LogP) is 4.48. The van der Waals surface area contributed by atoms with Crippen molar-refractivity contribution >= 4 is 0 Å². The molecule has 4 rings (SSSR count). The number of likely N-dealkylation sites (N-methyl/N-ethyl adjacent to an activating group) is 1. The fourth-order valence-corrected chi connectivity index (χ4v) is 5.25. The molecule has 3 nitrogen and oxygen atoms in total. The molecule has 0 N–H and O–H groups in total. The summed E-state index contributed by atoms with van der Waals surface area (Å²) in [5.41, 5.74) is 1.34. The van der Waals surface area contributed by atoms with Crippen LogP contribution in [0.5, 0.6) is 5.75 Å². The highest BCUT2D eigenvalue weighted by atomic mass is 16.5. The molecular weight excluding hydrogens is 320 g/mol. The van der Waals surface area contributed by atoms with Crippen LogP contribution in [0.1, 0.15) is 50.5 Å². The number of rotatable bonds is 3. The average molecular weight is 355 g/mol. The van der Waals surface area contributed by atoms with Crippen molar-refractivity contribution in [2.75, 3.05) is 27.2 Å². The van der Waals surface area contributed by atoms with Crippen molar-refractivity contribution in [2.24, 2.45) is 5.92 Å². The number of benzene rings is 1. The maximum atomic E-state index is 6.66. The van der Waals surface area contributed by atoms with Gasteiger partial charge in [-0.15, -0.1) is 0 Å². The summed E-state index contributed by atoms with van der Waals surface area (Å²) in [5, 5.41) is 0. The molecule has 0 bridgehead atoms. The van der Waals surface area contributed by atoms with E-state index >= 15 is 0 Å². The molecule has 0 aromatic heterocycles. The van der Waals surface area contributed by atoms with Crippen molar-refractivity contribution < 1.29 is 4.74 Å². The van der Waals surface area contributed by atoms with Gasteiger partial charge < -0.3 is 9.64 Å². The minimum atomic E-state index is 0.00622. The summed E-state index contributed by atoms with van der Waals surface area (Å²) in [7, 11) is 4.58. The summed E-state index contributed by atoms with van der Waals surface area (Å²) in [6.45, 7) is 3.30. The molecule has 1 atom stereocenters. The first kappa shape index (κ1) is 18.1. The number of para-hydroxylation sites is 1. The summed E-state index contributed by atoms with van der Waals surface area (Å²) in [6.07, 6.45) is 13.5. The molecule has 1 aromatic carbocycles. The number of nitrogens with zero attached hydrogens (tertiary/aromatic N) is 2. The maximum Gasteiger partial charge on any atom is 0.124 e. The Balaban J connectivity index is 1.38. The first-order valence-corrected chi connectivity index (χ1v) is 10.4. The van der Waals surface area contributed by atoms with Gasteiger partial charge in [0.15, 0.2) is 0 Å². The Kier molecular flexibility index (Phi) is 5.37. The third-order valence-electron chi connectivity index (χ3n) is 6.71. The largest absolute Gasteiger partial charge is 0.486 e. The van der Waals surface area contributed by atoms with Gasteiger partial charge in [-0.3, -0.25) is 4.90 Å². The van der Waals surface area contributed by atoms with Crippen LogP contribution in [0.2, 0.25) is 0 Å². The van der Waals surface area contributed by atoms with E-state index in [1.807, 2.05) is 0 Å². The summed E-state index contributed by atoms with van der Waals surface area (Å²) >= 11 is 0. The molecule has 1 aliphatic heterocycles. The lowest BCUT2D eigenvalue weighted by Gasteiger charge is -2.43. The molecule has 1 heterocycles. The van der Waals surface area contributed by atoms with E-state index in [1.165, 1.54) is 57.1 Å². The van der Waals surface area contributed by atoms with Crippen molar-refractivity contribution in [1.82, 2.24) is 9.80 Å². The highest BCUT2D eigenvalue weighted by Gasteiger charge is 2.41. The second-order valence-corrected chi connectivity index (χ2v) is 8.89. The lowest BCUT2D eigenvalue weighted by atomic mass is 9.80. The second kappa shape index (κ2) is 7.74. The molecule has 3 aliphatic rings. The van der Waals surface area contributed by atoms with Crippen molar-refractivity contribution in [3.8, 4) is 5.75 Å². The minimum absolute atomic E-state index is 0.00622. The molecule has 0 radical (unpaired) electrons. The Hall–Kier alpha value is -1.32.